The van der Waals surface area contributed by atoms with Crippen LogP contribution in [0, 0.1) is 0 Å². The maximum absolute atomic E-state index is 9.79. The van der Waals surface area contributed by atoms with E-state index in [2.05, 4.69) is 59.5 Å². The number of phenolic OH excluding ortho intramolecular Hbond substituents is 1. The van der Waals surface area contributed by atoms with Gasteiger partial charge in [0.2, 0.25) is 0 Å². The Bertz CT molecular complexity index is 1140. The van der Waals surface area contributed by atoms with E-state index in [-0.39, 0.29) is 11.8 Å². The summed E-state index contributed by atoms with van der Waals surface area (Å²) in [6.45, 7) is 1.49. The third kappa shape index (κ3) is 4.13. The van der Waals surface area contributed by atoms with Crippen molar-refractivity contribution >= 4 is 5.69 Å². The molecule has 1 unspecified atom stereocenters. The van der Waals surface area contributed by atoms with Crippen molar-refractivity contribution in [3.63, 3.8) is 0 Å². The van der Waals surface area contributed by atoms with Gasteiger partial charge in [-0.05, 0) is 65.1 Å². The fraction of sp³-hybridized carbons (Fsp3) is 0.143. The quantitative estimate of drug-likeness (QED) is 0.432. The summed E-state index contributed by atoms with van der Waals surface area (Å²) < 4.78 is 6.08. The van der Waals surface area contributed by atoms with Gasteiger partial charge in [-0.15, -0.1) is 0 Å². The molecule has 0 saturated carbocycles. The summed E-state index contributed by atoms with van der Waals surface area (Å²) in [5, 5.41) is 9.79. The number of phenols is 1. The molecule has 1 atom stereocenters. The van der Waals surface area contributed by atoms with Crippen LogP contribution in [0.15, 0.2) is 103 Å². The highest BCUT2D eigenvalue weighted by atomic mass is 16.5. The Kier molecular flexibility index (Phi) is 5.32. The van der Waals surface area contributed by atoms with Crippen molar-refractivity contribution in [2.24, 2.45) is 0 Å². The summed E-state index contributed by atoms with van der Waals surface area (Å²) in [6.07, 6.45) is 0.960. The molecule has 154 valence electrons. The normalized spacial score (nSPS) is 15.4. The Balaban J connectivity index is 1.48. The van der Waals surface area contributed by atoms with Crippen LogP contribution in [0.2, 0.25) is 0 Å². The largest absolute Gasteiger partial charge is 0.508 e. The predicted molar refractivity (Wildman–Crippen MR) is 125 cm³/mol. The molecular weight excluding hydrogens is 382 g/mol. The first-order valence-electron chi connectivity index (χ1n) is 10.7. The lowest BCUT2D eigenvalue weighted by atomic mass is 9.87. The monoisotopic (exact) mass is 407 g/mol. The highest BCUT2D eigenvalue weighted by Crippen LogP contribution is 2.39. The molecule has 0 spiro atoms. The Hall–Kier alpha value is -3.72. The van der Waals surface area contributed by atoms with Crippen LogP contribution in [0.5, 0.6) is 11.5 Å². The third-order valence-electron chi connectivity index (χ3n) is 5.89. The van der Waals surface area contributed by atoms with Crippen LogP contribution in [0.25, 0.3) is 0 Å². The summed E-state index contributed by atoms with van der Waals surface area (Å²) in [6, 6.07) is 34.9. The van der Waals surface area contributed by atoms with E-state index >= 15 is 0 Å². The molecular formula is C28H25NO2. The molecule has 0 amide bonds. The van der Waals surface area contributed by atoms with Gasteiger partial charge in [0.1, 0.15) is 18.1 Å². The van der Waals surface area contributed by atoms with Gasteiger partial charge in [0.25, 0.3) is 0 Å². The molecule has 1 aliphatic heterocycles. The summed E-state index contributed by atoms with van der Waals surface area (Å²) in [4.78, 5) is 2.44. The molecule has 4 aromatic rings. The number of anilines is 1. The Morgan fingerprint density at radius 2 is 1.52 bits per heavy atom. The molecule has 3 heteroatoms. The van der Waals surface area contributed by atoms with E-state index in [1.165, 1.54) is 22.4 Å². The number of hydrogen-bond donors (Lipinski definition) is 1. The molecule has 5 rings (SSSR count). The summed E-state index contributed by atoms with van der Waals surface area (Å²) >= 11 is 0. The van der Waals surface area contributed by atoms with Crippen molar-refractivity contribution in [3.8, 4) is 11.5 Å². The first kappa shape index (κ1) is 19.3. The smallest absolute Gasteiger partial charge is 0.120 e. The van der Waals surface area contributed by atoms with Crippen molar-refractivity contribution in [1.82, 2.24) is 0 Å². The molecule has 4 aromatic carbocycles. The molecule has 0 radical (unpaired) electrons. The molecule has 0 saturated heterocycles. The van der Waals surface area contributed by atoms with Crippen molar-refractivity contribution in [3.05, 3.63) is 125 Å². The fourth-order valence-electron chi connectivity index (χ4n) is 4.35. The zero-order chi connectivity index (χ0) is 21.0. The van der Waals surface area contributed by atoms with Crippen molar-refractivity contribution in [2.75, 3.05) is 11.4 Å². The van der Waals surface area contributed by atoms with E-state index in [1.807, 2.05) is 36.4 Å². The minimum absolute atomic E-state index is 0.0925. The lowest BCUT2D eigenvalue weighted by molar-refractivity contribution is 0.305. The number of rotatable bonds is 5. The van der Waals surface area contributed by atoms with Gasteiger partial charge in [-0.3, -0.25) is 0 Å². The predicted octanol–water partition coefficient (Wildman–Crippen LogP) is 6.12. The maximum atomic E-state index is 9.79. The van der Waals surface area contributed by atoms with E-state index in [0.29, 0.717) is 6.61 Å². The molecule has 31 heavy (non-hydrogen) atoms. The van der Waals surface area contributed by atoms with Crippen LogP contribution in [0.3, 0.4) is 0 Å². The topological polar surface area (TPSA) is 32.7 Å². The number of hydrogen-bond acceptors (Lipinski definition) is 3. The van der Waals surface area contributed by atoms with Gasteiger partial charge < -0.3 is 14.7 Å². The highest BCUT2D eigenvalue weighted by molar-refractivity contribution is 5.57. The van der Waals surface area contributed by atoms with Crippen LogP contribution >= 0.6 is 0 Å². The van der Waals surface area contributed by atoms with Gasteiger partial charge in [0, 0.05) is 12.2 Å². The van der Waals surface area contributed by atoms with Gasteiger partial charge >= 0.3 is 0 Å². The number of benzene rings is 4. The number of nitrogens with zero attached hydrogens (tertiary/aromatic N) is 1. The van der Waals surface area contributed by atoms with Crippen LogP contribution in [0.4, 0.5) is 5.69 Å². The number of aromatic hydroxyl groups is 1. The van der Waals surface area contributed by atoms with E-state index < -0.39 is 0 Å². The molecule has 3 nitrogen and oxygen atoms in total. The van der Waals surface area contributed by atoms with E-state index in [0.717, 1.165) is 24.3 Å². The average molecular weight is 408 g/mol. The molecule has 0 aliphatic carbocycles. The maximum Gasteiger partial charge on any atom is 0.120 e. The molecule has 0 fully saturated rings. The fourth-order valence-corrected chi connectivity index (χ4v) is 4.35. The second-order valence-corrected chi connectivity index (χ2v) is 7.91. The van der Waals surface area contributed by atoms with Crippen LogP contribution in [-0.2, 0) is 13.0 Å². The second-order valence-electron chi connectivity index (χ2n) is 7.91. The Morgan fingerprint density at radius 1 is 0.806 bits per heavy atom. The lowest BCUT2D eigenvalue weighted by Crippen LogP contribution is -2.36. The lowest BCUT2D eigenvalue weighted by Gasteiger charge is -2.39. The SMILES string of the molecule is Oc1ccc(C2c3ccc(OCc4ccccc4)cc3CCN2c2ccccc2)cc1. The van der Waals surface area contributed by atoms with Crippen LogP contribution in [0.1, 0.15) is 28.3 Å². The van der Waals surface area contributed by atoms with Crippen LogP contribution in [-0.4, -0.2) is 11.7 Å². The number of para-hydroxylation sites is 1. The first-order chi connectivity index (χ1) is 15.3. The summed E-state index contributed by atoms with van der Waals surface area (Å²) in [7, 11) is 0. The standard InChI is InChI=1S/C28H25NO2/c30-25-13-11-22(12-14-25)28-27-16-15-26(31-20-21-7-3-1-4-8-21)19-23(27)17-18-29(28)24-9-5-2-6-10-24/h1-16,19,28,30H,17-18,20H2. The summed E-state index contributed by atoms with van der Waals surface area (Å²) in [5.41, 5.74) is 6.14. The summed E-state index contributed by atoms with van der Waals surface area (Å²) in [5.74, 6) is 1.19. The second kappa shape index (κ2) is 8.57. The van der Waals surface area contributed by atoms with Gasteiger partial charge in [-0.1, -0.05) is 66.7 Å². The Labute approximate surface area is 183 Å². The molecule has 1 aliphatic rings. The number of ether oxygens (including phenoxy) is 1. The minimum atomic E-state index is 0.0925. The molecule has 1 N–H and O–H groups in total. The minimum Gasteiger partial charge on any atom is -0.508 e. The van der Waals surface area contributed by atoms with Gasteiger partial charge in [-0.25, -0.2) is 0 Å². The van der Waals surface area contributed by atoms with Gasteiger partial charge in [0.15, 0.2) is 0 Å². The van der Waals surface area contributed by atoms with Crippen LogP contribution < -0.4 is 9.64 Å². The van der Waals surface area contributed by atoms with E-state index in [4.69, 9.17) is 4.74 Å². The highest BCUT2D eigenvalue weighted by Gasteiger charge is 2.29. The van der Waals surface area contributed by atoms with Gasteiger partial charge in [-0.2, -0.15) is 0 Å². The van der Waals surface area contributed by atoms with Crippen molar-refractivity contribution in [1.29, 1.82) is 0 Å². The third-order valence-corrected chi connectivity index (χ3v) is 5.89. The van der Waals surface area contributed by atoms with Gasteiger partial charge in [0.05, 0.1) is 6.04 Å². The Morgan fingerprint density at radius 3 is 2.26 bits per heavy atom. The zero-order valence-corrected chi connectivity index (χ0v) is 17.3. The zero-order valence-electron chi connectivity index (χ0n) is 17.3. The van der Waals surface area contributed by atoms with Crippen molar-refractivity contribution in [2.45, 2.75) is 19.1 Å². The molecule has 0 bridgehead atoms. The number of fused-ring (bicyclic) bond motifs is 1. The van der Waals surface area contributed by atoms with E-state index in [1.54, 1.807) is 12.1 Å². The van der Waals surface area contributed by atoms with E-state index in [9.17, 15) is 5.11 Å². The van der Waals surface area contributed by atoms with Crippen molar-refractivity contribution < 1.29 is 9.84 Å². The first-order valence-corrected chi connectivity index (χ1v) is 10.7. The molecule has 0 aromatic heterocycles. The average Bonchev–Trinajstić information content (AvgIpc) is 2.84. The molecule has 1 heterocycles.